The van der Waals surface area contributed by atoms with Gasteiger partial charge in [0.05, 0.1) is 5.75 Å². The van der Waals surface area contributed by atoms with Gasteiger partial charge in [-0.1, -0.05) is 13.8 Å². The first-order valence-corrected chi connectivity index (χ1v) is 8.99. The number of nitrogens with two attached hydrogens (primary N) is 1. The zero-order valence-corrected chi connectivity index (χ0v) is 13.5. The molecule has 1 fully saturated rings. The lowest BCUT2D eigenvalue weighted by Gasteiger charge is -2.26. The van der Waals surface area contributed by atoms with Gasteiger partial charge in [-0.05, 0) is 43.0 Å². The number of nitrogen functional groups attached to an aromatic ring is 1. The molecule has 1 unspecified atom stereocenters. The van der Waals surface area contributed by atoms with Crippen molar-refractivity contribution in [3.63, 3.8) is 0 Å². The van der Waals surface area contributed by atoms with Gasteiger partial charge in [0.2, 0.25) is 10.0 Å². The SMILES string of the molecule is CC(C)C1CCCN1S(=O)(=O)CCOc1ccc(N)cc1. The van der Waals surface area contributed by atoms with Crippen molar-refractivity contribution in [2.75, 3.05) is 24.6 Å². The molecule has 1 saturated heterocycles. The van der Waals surface area contributed by atoms with Crippen LogP contribution in [0.25, 0.3) is 0 Å². The van der Waals surface area contributed by atoms with E-state index in [1.807, 2.05) is 0 Å². The van der Waals surface area contributed by atoms with Crippen molar-refractivity contribution in [2.45, 2.75) is 32.7 Å². The van der Waals surface area contributed by atoms with E-state index in [-0.39, 0.29) is 18.4 Å². The second-order valence-corrected chi connectivity index (χ2v) is 7.84. The highest BCUT2D eigenvalue weighted by molar-refractivity contribution is 7.89. The fourth-order valence-corrected chi connectivity index (χ4v) is 4.42. The third-order valence-electron chi connectivity index (χ3n) is 3.87. The molecule has 2 rings (SSSR count). The quantitative estimate of drug-likeness (QED) is 0.816. The van der Waals surface area contributed by atoms with Crippen LogP contribution >= 0.6 is 0 Å². The van der Waals surface area contributed by atoms with Gasteiger partial charge in [0.15, 0.2) is 0 Å². The van der Waals surface area contributed by atoms with Crippen LogP contribution in [0.1, 0.15) is 26.7 Å². The van der Waals surface area contributed by atoms with Gasteiger partial charge in [0.1, 0.15) is 12.4 Å². The lowest BCUT2D eigenvalue weighted by atomic mass is 10.0. The van der Waals surface area contributed by atoms with Crippen LogP contribution < -0.4 is 10.5 Å². The smallest absolute Gasteiger partial charge is 0.217 e. The predicted octanol–water partition coefficient (Wildman–Crippen LogP) is 2.10. The van der Waals surface area contributed by atoms with E-state index >= 15 is 0 Å². The third-order valence-corrected chi connectivity index (χ3v) is 5.72. The fraction of sp³-hybridized carbons (Fsp3) is 0.600. The molecule has 0 radical (unpaired) electrons. The number of benzene rings is 1. The molecule has 0 bridgehead atoms. The molecule has 118 valence electrons. The van der Waals surface area contributed by atoms with E-state index < -0.39 is 10.0 Å². The zero-order chi connectivity index (χ0) is 15.5. The Kier molecular flexibility index (Phi) is 5.11. The summed E-state index contributed by atoms with van der Waals surface area (Å²) in [6, 6.07) is 7.09. The molecule has 2 N–H and O–H groups in total. The minimum absolute atomic E-state index is 0.0145. The van der Waals surface area contributed by atoms with Crippen LogP contribution in [-0.4, -0.2) is 37.7 Å². The van der Waals surface area contributed by atoms with Crippen LogP contribution in [0.4, 0.5) is 5.69 Å². The Labute approximate surface area is 127 Å². The summed E-state index contributed by atoms with van der Waals surface area (Å²) in [4.78, 5) is 0. The molecule has 0 amide bonds. The second kappa shape index (κ2) is 6.66. The summed E-state index contributed by atoms with van der Waals surface area (Å²) in [6.45, 7) is 4.94. The molecule has 0 aromatic heterocycles. The van der Waals surface area contributed by atoms with E-state index in [9.17, 15) is 8.42 Å². The van der Waals surface area contributed by atoms with E-state index in [4.69, 9.17) is 10.5 Å². The average molecular weight is 312 g/mol. The van der Waals surface area contributed by atoms with Gasteiger partial charge < -0.3 is 10.5 Å². The van der Waals surface area contributed by atoms with Crippen molar-refractivity contribution in [2.24, 2.45) is 5.92 Å². The molecule has 1 aromatic rings. The first-order chi connectivity index (χ1) is 9.90. The summed E-state index contributed by atoms with van der Waals surface area (Å²) in [7, 11) is -3.25. The van der Waals surface area contributed by atoms with Gasteiger partial charge >= 0.3 is 0 Å². The first-order valence-electron chi connectivity index (χ1n) is 7.38. The van der Waals surface area contributed by atoms with Crippen molar-refractivity contribution in [1.29, 1.82) is 0 Å². The maximum Gasteiger partial charge on any atom is 0.217 e. The van der Waals surface area contributed by atoms with Crippen LogP contribution in [0, 0.1) is 5.92 Å². The minimum atomic E-state index is -3.25. The summed E-state index contributed by atoms with van der Waals surface area (Å²) in [5.41, 5.74) is 6.25. The highest BCUT2D eigenvalue weighted by Crippen LogP contribution is 2.26. The van der Waals surface area contributed by atoms with Crippen LogP contribution in [0.15, 0.2) is 24.3 Å². The summed E-state index contributed by atoms with van der Waals surface area (Å²) >= 11 is 0. The standard InChI is InChI=1S/C15H24N2O3S/c1-12(2)15-4-3-9-17(15)21(18,19)11-10-20-14-7-5-13(16)6-8-14/h5-8,12,15H,3-4,9-11,16H2,1-2H3. The largest absolute Gasteiger partial charge is 0.492 e. The lowest BCUT2D eigenvalue weighted by Crippen LogP contribution is -2.40. The molecule has 0 saturated carbocycles. The van der Waals surface area contributed by atoms with Crippen molar-refractivity contribution in [3.8, 4) is 5.75 Å². The van der Waals surface area contributed by atoms with Gasteiger partial charge in [0.25, 0.3) is 0 Å². The summed E-state index contributed by atoms with van der Waals surface area (Å²) in [5, 5.41) is 0. The Morgan fingerprint density at radius 2 is 2.00 bits per heavy atom. The van der Waals surface area contributed by atoms with Gasteiger partial charge in [-0.15, -0.1) is 0 Å². The monoisotopic (exact) mass is 312 g/mol. The lowest BCUT2D eigenvalue weighted by molar-refractivity contribution is 0.304. The van der Waals surface area contributed by atoms with Crippen molar-refractivity contribution in [1.82, 2.24) is 4.31 Å². The van der Waals surface area contributed by atoms with E-state index in [2.05, 4.69) is 13.8 Å². The van der Waals surface area contributed by atoms with E-state index in [1.54, 1.807) is 28.6 Å². The normalized spacial score (nSPS) is 20.0. The fourth-order valence-electron chi connectivity index (χ4n) is 2.72. The average Bonchev–Trinajstić information content (AvgIpc) is 2.91. The van der Waals surface area contributed by atoms with Gasteiger partial charge in [-0.25, -0.2) is 8.42 Å². The molecular weight excluding hydrogens is 288 g/mol. The highest BCUT2D eigenvalue weighted by Gasteiger charge is 2.35. The highest BCUT2D eigenvalue weighted by atomic mass is 32.2. The van der Waals surface area contributed by atoms with Crippen LogP contribution in [0.5, 0.6) is 5.75 Å². The van der Waals surface area contributed by atoms with Gasteiger partial charge in [0, 0.05) is 18.3 Å². The number of ether oxygens (including phenoxy) is 1. The molecular formula is C15H24N2O3S. The Morgan fingerprint density at radius 3 is 2.62 bits per heavy atom. The molecule has 1 heterocycles. The van der Waals surface area contributed by atoms with Crippen molar-refractivity contribution < 1.29 is 13.2 Å². The van der Waals surface area contributed by atoms with Gasteiger partial charge in [-0.2, -0.15) is 4.31 Å². The molecule has 0 spiro atoms. The number of anilines is 1. The minimum Gasteiger partial charge on any atom is -0.492 e. The van der Waals surface area contributed by atoms with E-state index in [0.29, 0.717) is 23.9 Å². The third kappa shape index (κ3) is 4.11. The Hall–Kier alpha value is -1.27. The number of rotatable bonds is 6. The predicted molar refractivity (Wildman–Crippen MR) is 84.7 cm³/mol. The number of hydrogen-bond acceptors (Lipinski definition) is 4. The summed E-state index contributed by atoms with van der Waals surface area (Å²) in [6.07, 6.45) is 1.90. The maximum absolute atomic E-state index is 12.4. The number of nitrogens with zero attached hydrogens (tertiary/aromatic N) is 1. The summed E-state index contributed by atoms with van der Waals surface area (Å²) < 4.78 is 32.0. The molecule has 1 atom stereocenters. The second-order valence-electron chi connectivity index (χ2n) is 5.80. The molecule has 5 nitrogen and oxygen atoms in total. The van der Waals surface area contributed by atoms with E-state index in [1.165, 1.54) is 0 Å². The molecule has 1 aromatic carbocycles. The molecule has 1 aliphatic heterocycles. The zero-order valence-electron chi connectivity index (χ0n) is 12.7. The Bertz CT molecular complexity index is 555. The van der Waals surface area contributed by atoms with Crippen LogP contribution in [-0.2, 0) is 10.0 Å². The van der Waals surface area contributed by atoms with Crippen LogP contribution in [0.3, 0.4) is 0 Å². The van der Waals surface area contributed by atoms with Crippen molar-refractivity contribution in [3.05, 3.63) is 24.3 Å². The Morgan fingerprint density at radius 1 is 1.33 bits per heavy atom. The molecule has 0 aliphatic carbocycles. The first kappa shape index (κ1) is 16.1. The molecule has 1 aliphatic rings. The number of hydrogen-bond donors (Lipinski definition) is 1. The number of sulfonamides is 1. The Balaban J connectivity index is 1.90. The van der Waals surface area contributed by atoms with Crippen molar-refractivity contribution >= 4 is 15.7 Å². The maximum atomic E-state index is 12.4. The molecule has 21 heavy (non-hydrogen) atoms. The summed E-state index contributed by atoms with van der Waals surface area (Å²) in [5.74, 6) is 1.00. The van der Waals surface area contributed by atoms with Gasteiger partial charge in [-0.3, -0.25) is 0 Å². The van der Waals surface area contributed by atoms with Crippen LogP contribution in [0.2, 0.25) is 0 Å². The van der Waals surface area contributed by atoms with E-state index in [0.717, 1.165) is 12.8 Å². The topological polar surface area (TPSA) is 72.6 Å². The molecule has 6 heteroatoms.